The van der Waals surface area contributed by atoms with Gasteiger partial charge in [-0.1, -0.05) is 12.1 Å². The quantitative estimate of drug-likeness (QED) is 0.805. The second kappa shape index (κ2) is 5.92. The monoisotopic (exact) mass is 401 g/mol. The summed E-state index contributed by atoms with van der Waals surface area (Å²) in [6, 6.07) is 13.3. The average Bonchev–Trinajstić information content (AvgIpc) is 2.38. The zero-order valence-corrected chi connectivity index (χ0v) is 13.6. The zero-order valence-electron chi connectivity index (χ0n) is 10.6. The fourth-order valence-corrected chi connectivity index (χ4v) is 2.85. The highest BCUT2D eigenvalue weighted by Crippen LogP contribution is 2.16. The lowest BCUT2D eigenvalue weighted by Crippen LogP contribution is -2.12. The molecule has 0 radical (unpaired) electrons. The van der Waals surface area contributed by atoms with Crippen molar-refractivity contribution < 1.29 is 13.2 Å². The van der Waals surface area contributed by atoms with Crippen LogP contribution in [0.2, 0.25) is 0 Å². The molecule has 0 atom stereocenters. The molecule has 1 amide bonds. The van der Waals surface area contributed by atoms with Crippen LogP contribution in [-0.2, 0) is 9.84 Å². The van der Waals surface area contributed by atoms with Crippen LogP contribution in [0.25, 0.3) is 0 Å². The van der Waals surface area contributed by atoms with Crippen molar-refractivity contribution in [2.24, 2.45) is 0 Å². The molecule has 0 spiro atoms. The highest BCUT2D eigenvalue weighted by Gasteiger charge is 2.10. The van der Waals surface area contributed by atoms with E-state index in [1.54, 1.807) is 30.3 Å². The fourth-order valence-electron chi connectivity index (χ4n) is 1.64. The molecule has 1 N–H and O–H groups in total. The van der Waals surface area contributed by atoms with Gasteiger partial charge in [0, 0.05) is 21.1 Å². The van der Waals surface area contributed by atoms with Gasteiger partial charge in [0.2, 0.25) is 0 Å². The van der Waals surface area contributed by atoms with Gasteiger partial charge in [-0.2, -0.15) is 0 Å². The van der Waals surface area contributed by atoms with Gasteiger partial charge in [0.25, 0.3) is 5.91 Å². The van der Waals surface area contributed by atoms with Crippen molar-refractivity contribution in [3.05, 3.63) is 57.7 Å². The first-order chi connectivity index (χ1) is 9.36. The Morgan fingerprint density at radius 3 is 2.45 bits per heavy atom. The van der Waals surface area contributed by atoms with Crippen molar-refractivity contribution >= 4 is 44.0 Å². The molecule has 0 aliphatic rings. The number of anilines is 1. The van der Waals surface area contributed by atoms with E-state index in [0.717, 1.165) is 9.83 Å². The Balaban J connectivity index is 2.25. The number of hydrogen-bond acceptors (Lipinski definition) is 3. The molecule has 2 aromatic carbocycles. The second-order valence-corrected chi connectivity index (χ2v) is 7.53. The standard InChI is InChI=1S/C14H12INO3S/c1-20(18,19)13-7-3-6-12(9-13)16-14(17)10-4-2-5-11(15)8-10/h2-9H,1H3,(H,16,17). The first-order valence-electron chi connectivity index (χ1n) is 5.73. The number of amides is 1. The Morgan fingerprint density at radius 2 is 1.80 bits per heavy atom. The molecular weight excluding hydrogens is 389 g/mol. The third-order valence-electron chi connectivity index (χ3n) is 2.61. The van der Waals surface area contributed by atoms with Crippen molar-refractivity contribution in [1.82, 2.24) is 0 Å². The van der Waals surface area contributed by atoms with Gasteiger partial charge in [-0.25, -0.2) is 8.42 Å². The van der Waals surface area contributed by atoms with E-state index in [2.05, 4.69) is 27.9 Å². The van der Waals surface area contributed by atoms with Gasteiger partial charge in [0.1, 0.15) is 0 Å². The van der Waals surface area contributed by atoms with Crippen LogP contribution >= 0.6 is 22.6 Å². The summed E-state index contributed by atoms with van der Waals surface area (Å²) >= 11 is 2.13. The lowest BCUT2D eigenvalue weighted by Gasteiger charge is -2.07. The minimum absolute atomic E-state index is 0.179. The summed E-state index contributed by atoms with van der Waals surface area (Å²) < 4.78 is 23.9. The predicted octanol–water partition coefficient (Wildman–Crippen LogP) is 2.95. The second-order valence-electron chi connectivity index (χ2n) is 4.26. The molecule has 0 aliphatic carbocycles. The van der Waals surface area contributed by atoms with E-state index in [0.29, 0.717) is 11.3 Å². The molecule has 0 fully saturated rings. The molecule has 20 heavy (non-hydrogen) atoms. The lowest BCUT2D eigenvalue weighted by atomic mass is 10.2. The molecule has 2 aromatic rings. The molecule has 0 unspecified atom stereocenters. The number of hydrogen-bond donors (Lipinski definition) is 1. The number of halogens is 1. The molecule has 4 nitrogen and oxygen atoms in total. The van der Waals surface area contributed by atoms with E-state index >= 15 is 0 Å². The smallest absolute Gasteiger partial charge is 0.255 e. The van der Waals surface area contributed by atoms with E-state index in [4.69, 9.17) is 0 Å². The van der Waals surface area contributed by atoms with Crippen molar-refractivity contribution in [2.45, 2.75) is 4.90 Å². The fraction of sp³-hybridized carbons (Fsp3) is 0.0714. The highest BCUT2D eigenvalue weighted by molar-refractivity contribution is 14.1. The first kappa shape index (κ1) is 15.0. The number of carbonyl (C=O) groups excluding carboxylic acids is 1. The van der Waals surface area contributed by atoms with Crippen molar-refractivity contribution in [3.63, 3.8) is 0 Å². The Bertz CT molecular complexity index is 757. The van der Waals surface area contributed by atoms with Crippen LogP contribution in [0.15, 0.2) is 53.4 Å². The minimum atomic E-state index is -3.28. The molecular formula is C14H12INO3S. The maximum Gasteiger partial charge on any atom is 0.255 e. The summed E-state index contributed by atoms with van der Waals surface area (Å²) in [5.41, 5.74) is 0.985. The Labute approximate surface area is 131 Å². The minimum Gasteiger partial charge on any atom is -0.322 e. The lowest BCUT2D eigenvalue weighted by molar-refractivity contribution is 0.102. The third kappa shape index (κ3) is 3.80. The predicted molar refractivity (Wildman–Crippen MR) is 86.7 cm³/mol. The molecule has 0 bridgehead atoms. The molecule has 104 valence electrons. The summed E-state index contributed by atoms with van der Waals surface area (Å²) in [5.74, 6) is -0.269. The van der Waals surface area contributed by atoms with Gasteiger partial charge in [-0.05, 0) is 59.0 Å². The van der Waals surface area contributed by atoms with Gasteiger partial charge in [0.15, 0.2) is 9.84 Å². The number of benzene rings is 2. The summed E-state index contributed by atoms with van der Waals surface area (Å²) in [6.07, 6.45) is 1.13. The van der Waals surface area contributed by atoms with Gasteiger partial charge in [-0.15, -0.1) is 0 Å². The van der Waals surface area contributed by atoms with Gasteiger partial charge in [0.05, 0.1) is 4.90 Å². The summed E-state index contributed by atoms with van der Waals surface area (Å²) in [6.45, 7) is 0. The van der Waals surface area contributed by atoms with Crippen LogP contribution in [0.4, 0.5) is 5.69 Å². The van der Waals surface area contributed by atoms with E-state index in [-0.39, 0.29) is 10.8 Å². The summed E-state index contributed by atoms with van der Waals surface area (Å²) in [7, 11) is -3.28. The van der Waals surface area contributed by atoms with E-state index in [1.165, 1.54) is 12.1 Å². The SMILES string of the molecule is CS(=O)(=O)c1cccc(NC(=O)c2cccc(I)c2)c1. The van der Waals surface area contributed by atoms with Crippen molar-refractivity contribution in [2.75, 3.05) is 11.6 Å². The molecule has 0 saturated carbocycles. The number of nitrogens with one attached hydrogen (secondary N) is 1. The van der Waals surface area contributed by atoms with E-state index < -0.39 is 9.84 Å². The highest BCUT2D eigenvalue weighted by atomic mass is 127. The third-order valence-corrected chi connectivity index (χ3v) is 4.39. The molecule has 0 aromatic heterocycles. The van der Waals surface area contributed by atoms with Gasteiger partial charge < -0.3 is 5.32 Å². The average molecular weight is 401 g/mol. The number of carbonyl (C=O) groups is 1. The van der Waals surface area contributed by atoms with Crippen LogP contribution in [0.3, 0.4) is 0 Å². The molecule has 0 heterocycles. The molecule has 2 rings (SSSR count). The maximum atomic E-state index is 12.1. The van der Waals surface area contributed by atoms with Gasteiger partial charge in [-0.3, -0.25) is 4.79 Å². The molecule has 0 aliphatic heterocycles. The van der Waals surface area contributed by atoms with Crippen LogP contribution in [0.5, 0.6) is 0 Å². The van der Waals surface area contributed by atoms with Crippen LogP contribution in [-0.4, -0.2) is 20.6 Å². The van der Waals surface area contributed by atoms with E-state index in [1.807, 2.05) is 6.07 Å². The Kier molecular flexibility index (Phi) is 4.44. The van der Waals surface area contributed by atoms with Crippen LogP contribution in [0.1, 0.15) is 10.4 Å². The Hall–Kier alpha value is -1.41. The zero-order chi connectivity index (χ0) is 14.8. The summed E-state index contributed by atoms with van der Waals surface area (Å²) in [4.78, 5) is 12.2. The summed E-state index contributed by atoms with van der Waals surface area (Å²) in [5, 5.41) is 2.69. The first-order valence-corrected chi connectivity index (χ1v) is 8.70. The molecule has 6 heteroatoms. The number of sulfone groups is 1. The maximum absolute atomic E-state index is 12.1. The largest absolute Gasteiger partial charge is 0.322 e. The van der Waals surface area contributed by atoms with Gasteiger partial charge >= 0.3 is 0 Å². The normalized spacial score (nSPS) is 11.1. The number of rotatable bonds is 3. The van der Waals surface area contributed by atoms with Crippen molar-refractivity contribution in [1.29, 1.82) is 0 Å². The molecule has 0 saturated heterocycles. The van der Waals surface area contributed by atoms with Crippen LogP contribution < -0.4 is 5.32 Å². The topological polar surface area (TPSA) is 63.2 Å². The van der Waals surface area contributed by atoms with E-state index in [9.17, 15) is 13.2 Å². The Morgan fingerprint density at radius 1 is 1.10 bits per heavy atom. The van der Waals surface area contributed by atoms with Crippen LogP contribution in [0, 0.1) is 3.57 Å². The van der Waals surface area contributed by atoms with Crippen molar-refractivity contribution in [3.8, 4) is 0 Å².